The van der Waals surface area contributed by atoms with Gasteiger partial charge in [-0.05, 0) is 74.3 Å². The Kier molecular flexibility index (Phi) is 10.3. The van der Waals surface area contributed by atoms with Crippen LogP contribution in [0.4, 0.5) is 0 Å². The second-order valence-electron chi connectivity index (χ2n) is 10.2. The van der Waals surface area contributed by atoms with Gasteiger partial charge in [-0.15, -0.1) is 0 Å². The fraction of sp³-hybridized carbons (Fsp3) is 0.467. The van der Waals surface area contributed by atoms with Gasteiger partial charge in [0, 0.05) is 29.7 Å². The molecule has 2 atom stereocenters. The molecule has 0 radical (unpaired) electrons. The fourth-order valence-corrected chi connectivity index (χ4v) is 7.62. The molecule has 3 rings (SSSR count). The lowest BCUT2D eigenvalue weighted by Gasteiger charge is -2.44. The Balaban J connectivity index is 1.39. The number of hydrogen-bond acceptors (Lipinski definition) is 5. The van der Waals surface area contributed by atoms with Crippen molar-refractivity contribution in [2.75, 3.05) is 19.8 Å². The van der Waals surface area contributed by atoms with Crippen LogP contribution in [0.15, 0.2) is 60.5 Å². The first kappa shape index (κ1) is 29.6. The van der Waals surface area contributed by atoms with Crippen LogP contribution in [0.5, 0.6) is 0 Å². The highest BCUT2D eigenvalue weighted by Crippen LogP contribution is 2.50. The minimum atomic E-state index is -1.84. The van der Waals surface area contributed by atoms with Crippen LogP contribution in [-0.2, 0) is 14.3 Å². The molecule has 38 heavy (non-hydrogen) atoms. The highest BCUT2D eigenvalue weighted by molar-refractivity contribution is 8.29. The van der Waals surface area contributed by atoms with E-state index < -0.39 is 14.0 Å². The third-order valence-corrected chi connectivity index (χ3v) is 11.4. The van der Waals surface area contributed by atoms with Gasteiger partial charge in [0.1, 0.15) is 5.76 Å². The Bertz CT molecular complexity index is 1160. The van der Waals surface area contributed by atoms with E-state index in [-0.39, 0.29) is 17.1 Å². The molecule has 1 aromatic carbocycles. The van der Waals surface area contributed by atoms with E-state index in [4.69, 9.17) is 15.2 Å². The first-order valence-corrected chi connectivity index (χ1v) is 15.3. The van der Waals surface area contributed by atoms with Crippen LogP contribution in [0.1, 0.15) is 74.2 Å². The van der Waals surface area contributed by atoms with E-state index in [2.05, 4.69) is 49.1 Å². The van der Waals surface area contributed by atoms with Crippen molar-refractivity contribution in [3.8, 4) is 0 Å². The van der Waals surface area contributed by atoms with Crippen molar-refractivity contribution < 1.29 is 19.1 Å². The van der Waals surface area contributed by atoms with E-state index in [0.29, 0.717) is 62.7 Å². The number of primary amides is 1. The Hall–Kier alpha value is -2.97. The molecule has 1 fully saturated rings. The minimum absolute atomic E-state index is 0.0549. The first-order valence-electron chi connectivity index (χ1n) is 13.3. The Morgan fingerprint density at radius 3 is 2.47 bits per heavy atom. The van der Waals surface area contributed by atoms with Gasteiger partial charge in [0.15, 0.2) is 0 Å². The second-order valence-corrected chi connectivity index (χ2v) is 13.5. The molecule has 1 aliphatic heterocycles. The van der Waals surface area contributed by atoms with Crippen molar-refractivity contribution in [1.29, 1.82) is 0 Å². The average molecular weight is 542 g/mol. The molecule has 1 aromatic rings. The zero-order valence-corrected chi connectivity index (χ0v) is 23.6. The summed E-state index contributed by atoms with van der Waals surface area (Å²) in [6.45, 7) is 9.85. The summed E-state index contributed by atoms with van der Waals surface area (Å²) < 4.78 is 10.7. The summed E-state index contributed by atoms with van der Waals surface area (Å²) in [7, 11) is -1.84. The Labute approximate surface area is 228 Å². The van der Waals surface area contributed by atoms with Crippen molar-refractivity contribution in [1.82, 2.24) is 10.9 Å². The highest BCUT2D eigenvalue weighted by atomic mass is 32.2. The molecule has 1 heterocycles. The Morgan fingerprint density at radius 1 is 1.21 bits per heavy atom. The summed E-state index contributed by atoms with van der Waals surface area (Å²) in [4.78, 5) is 24.9. The standard InChI is InChI=1S/C30H43N3O4S/c1-6-22(2)24-9-11-25(12-10-24)28(34)33-32-23(3)8-7-19-37-26-13-15-27(16-14-26)38(4,5)30(29(31)35)17-20-36-21-18-30/h9-15,22,27,32H,3-8,16-21H2,1-2H3,(H2,31,35)(H,33,34). The largest absolute Gasteiger partial charge is 0.494 e. The van der Waals surface area contributed by atoms with Crippen LogP contribution in [0.2, 0.25) is 0 Å². The summed E-state index contributed by atoms with van der Waals surface area (Å²) in [5.41, 5.74) is 14.0. The normalized spacial score (nSPS) is 19.6. The lowest BCUT2D eigenvalue weighted by Crippen LogP contribution is -2.49. The van der Waals surface area contributed by atoms with E-state index >= 15 is 0 Å². The SMILES string of the molecule is C=C(CCCOC1=CCC(S(=C)(=C)C2(C(N)=O)CCOCC2)C=C1)NNC(=O)c1ccc(C(C)CC)cc1. The third kappa shape index (κ3) is 6.91. The quantitative estimate of drug-likeness (QED) is 0.192. The molecule has 2 unspecified atom stereocenters. The lowest BCUT2D eigenvalue weighted by atomic mass is 9.97. The second kappa shape index (κ2) is 13.2. The summed E-state index contributed by atoms with van der Waals surface area (Å²) >= 11 is 0. The van der Waals surface area contributed by atoms with Crippen molar-refractivity contribution in [2.45, 2.75) is 68.3 Å². The molecule has 8 heteroatoms. The van der Waals surface area contributed by atoms with E-state index in [1.165, 1.54) is 5.56 Å². The molecule has 0 saturated carbocycles. The van der Waals surface area contributed by atoms with Gasteiger partial charge in [-0.1, -0.05) is 50.4 Å². The highest BCUT2D eigenvalue weighted by Gasteiger charge is 2.44. The molecule has 0 aromatic heterocycles. The number of carbonyl (C=O) groups is 2. The van der Waals surface area contributed by atoms with Crippen LogP contribution in [0.3, 0.4) is 0 Å². The maximum absolute atomic E-state index is 12.5. The zero-order valence-electron chi connectivity index (χ0n) is 22.8. The first-order chi connectivity index (χ1) is 18.1. The molecule has 208 valence electrons. The number of benzene rings is 1. The average Bonchev–Trinajstić information content (AvgIpc) is 2.94. The van der Waals surface area contributed by atoms with Crippen LogP contribution < -0.4 is 16.6 Å². The number of hydrogen-bond donors (Lipinski definition) is 3. The van der Waals surface area contributed by atoms with Gasteiger partial charge in [-0.25, -0.2) is 0 Å². The molecule has 1 saturated heterocycles. The number of amides is 2. The topological polar surface area (TPSA) is 103 Å². The van der Waals surface area contributed by atoms with Crippen LogP contribution in [0, 0.1) is 0 Å². The smallest absolute Gasteiger partial charge is 0.269 e. The van der Waals surface area contributed by atoms with Gasteiger partial charge >= 0.3 is 0 Å². The summed E-state index contributed by atoms with van der Waals surface area (Å²) in [6, 6.07) is 7.69. The van der Waals surface area contributed by atoms with Gasteiger partial charge < -0.3 is 20.6 Å². The van der Waals surface area contributed by atoms with Gasteiger partial charge in [0.05, 0.1) is 11.4 Å². The van der Waals surface area contributed by atoms with Crippen LogP contribution in [0.25, 0.3) is 0 Å². The Morgan fingerprint density at radius 2 is 1.89 bits per heavy atom. The predicted octanol–water partition coefficient (Wildman–Crippen LogP) is 4.66. The maximum atomic E-state index is 12.5. The molecule has 0 bridgehead atoms. The van der Waals surface area contributed by atoms with Gasteiger partial charge in [-0.2, -0.15) is 9.21 Å². The van der Waals surface area contributed by atoms with Crippen molar-refractivity contribution in [3.05, 3.63) is 71.7 Å². The molecule has 0 spiro atoms. The van der Waals surface area contributed by atoms with E-state index in [1.807, 2.05) is 36.4 Å². The molecule has 2 aliphatic rings. The van der Waals surface area contributed by atoms with E-state index in [1.54, 1.807) is 0 Å². The molecule has 2 amide bonds. The summed E-state index contributed by atoms with van der Waals surface area (Å²) in [5.74, 6) is 9.64. The van der Waals surface area contributed by atoms with Gasteiger partial charge in [0.25, 0.3) is 5.91 Å². The zero-order chi connectivity index (χ0) is 27.8. The van der Waals surface area contributed by atoms with Crippen molar-refractivity contribution >= 4 is 32.8 Å². The predicted molar refractivity (Wildman–Crippen MR) is 160 cm³/mol. The monoisotopic (exact) mass is 541 g/mol. The van der Waals surface area contributed by atoms with Crippen LogP contribution in [-0.4, -0.2) is 53.4 Å². The third-order valence-electron chi connectivity index (χ3n) is 7.73. The molecule has 1 aliphatic carbocycles. The summed E-state index contributed by atoms with van der Waals surface area (Å²) in [5, 5.41) is 0.0549. The van der Waals surface area contributed by atoms with Crippen molar-refractivity contribution in [2.24, 2.45) is 5.73 Å². The minimum Gasteiger partial charge on any atom is -0.494 e. The van der Waals surface area contributed by atoms with Crippen molar-refractivity contribution in [3.63, 3.8) is 0 Å². The van der Waals surface area contributed by atoms with E-state index in [9.17, 15) is 9.59 Å². The molecule has 7 nitrogen and oxygen atoms in total. The van der Waals surface area contributed by atoms with Gasteiger partial charge in [0.2, 0.25) is 5.91 Å². The number of nitrogens with one attached hydrogen (secondary N) is 2. The number of ether oxygens (including phenoxy) is 2. The molecular formula is C30H43N3O4S. The fourth-order valence-electron chi connectivity index (χ4n) is 4.82. The number of nitrogens with two attached hydrogens (primary N) is 1. The van der Waals surface area contributed by atoms with Gasteiger partial charge in [-0.3, -0.25) is 15.0 Å². The van der Waals surface area contributed by atoms with E-state index in [0.717, 1.165) is 18.6 Å². The summed E-state index contributed by atoms with van der Waals surface area (Å²) in [6.07, 6.45) is 10.4. The molecular weight excluding hydrogens is 498 g/mol. The lowest BCUT2D eigenvalue weighted by molar-refractivity contribution is -0.122. The molecule has 4 N–H and O–H groups in total. The number of rotatable bonds is 13. The number of carbonyl (C=O) groups excluding carboxylic acids is 2. The number of hydrazine groups is 1. The maximum Gasteiger partial charge on any atom is 0.269 e. The van der Waals surface area contributed by atoms with Crippen LogP contribution >= 0.6 is 9.21 Å². The number of allylic oxidation sites excluding steroid dienone is 3.